The van der Waals surface area contributed by atoms with Crippen LogP contribution in [-0.2, 0) is 17.9 Å². The van der Waals surface area contributed by atoms with Crippen LogP contribution in [0.1, 0.15) is 33.7 Å². The van der Waals surface area contributed by atoms with E-state index in [1.54, 1.807) is 0 Å². The zero-order valence-corrected chi connectivity index (χ0v) is 18.9. The highest BCUT2D eigenvalue weighted by atomic mass is 16.5. The number of ether oxygens (including phenoxy) is 1. The number of aryl methyl sites for hydroxylation is 2. The number of carboxylic acid groups (broad SMARTS) is 1. The Morgan fingerprint density at radius 1 is 1.06 bits per heavy atom. The summed E-state index contributed by atoms with van der Waals surface area (Å²) in [4.78, 5) is 23.4. The number of hydrogen-bond acceptors (Lipinski definition) is 5. The van der Waals surface area contributed by atoms with Crippen LogP contribution < -0.4 is 10.1 Å². The predicted molar refractivity (Wildman–Crippen MR) is 126 cm³/mol. The Kier molecular flexibility index (Phi) is 6.72. The first-order valence-corrected chi connectivity index (χ1v) is 10.8. The molecule has 34 heavy (non-hydrogen) atoms. The first-order valence-electron chi connectivity index (χ1n) is 10.8. The Bertz CT molecular complexity index is 1310. The molecule has 174 valence electrons. The molecule has 1 amide bonds. The topological polar surface area (TPSA) is 111 Å². The third-order valence-corrected chi connectivity index (χ3v) is 5.30. The number of aromatic carboxylic acids is 1. The highest BCUT2D eigenvalue weighted by molar-refractivity contribution is 5.92. The van der Waals surface area contributed by atoms with Gasteiger partial charge >= 0.3 is 5.97 Å². The fourth-order valence-corrected chi connectivity index (χ4v) is 3.55. The number of aromatic nitrogens is 4. The number of rotatable bonds is 9. The monoisotopic (exact) mass is 459 g/mol. The predicted octanol–water partition coefficient (Wildman–Crippen LogP) is 4.26. The van der Waals surface area contributed by atoms with E-state index in [0.29, 0.717) is 12.2 Å². The summed E-state index contributed by atoms with van der Waals surface area (Å²) in [5.74, 6) is 0.261. The fourth-order valence-electron chi connectivity index (χ4n) is 3.55. The molecule has 9 nitrogen and oxygen atoms in total. The highest BCUT2D eigenvalue weighted by Gasteiger charge is 2.15. The van der Waals surface area contributed by atoms with Crippen molar-refractivity contribution in [3.8, 4) is 11.5 Å². The summed E-state index contributed by atoms with van der Waals surface area (Å²) in [6, 6.07) is 17.4. The Labute approximate surface area is 196 Å². The molecule has 0 bridgehead atoms. The Morgan fingerprint density at radius 3 is 2.56 bits per heavy atom. The maximum atomic E-state index is 12.5. The maximum Gasteiger partial charge on any atom is 0.338 e. The summed E-state index contributed by atoms with van der Waals surface area (Å²) >= 11 is 0. The van der Waals surface area contributed by atoms with Crippen LogP contribution in [0.2, 0.25) is 0 Å². The standard InChI is InChI=1S/C25H25N5O4/c1-17-24(27-23(31)11-12-29-16-20(14-26-29)25(32)33)18(2)30(28-17)15-19-7-6-10-22(13-19)34-21-8-4-3-5-9-21/h3-10,13-14,16H,11-12,15H2,1-2H3,(H,27,31)(H,32,33). The van der Waals surface area contributed by atoms with Crippen LogP contribution in [0.25, 0.3) is 0 Å². The summed E-state index contributed by atoms with van der Waals surface area (Å²) < 4.78 is 9.21. The molecule has 0 atom stereocenters. The number of carboxylic acids is 1. The molecule has 0 fully saturated rings. The lowest BCUT2D eigenvalue weighted by molar-refractivity contribution is -0.116. The van der Waals surface area contributed by atoms with Gasteiger partial charge in [-0.2, -0.15) is 10.2 Å². The lowest BCUT2D eigenvalue weighted by Gasteiger charge is -2.10. The second kappa shape index (κ2) is 10.0. The van der Waals surface area contributed by atoms with Crippen LogP contribution in [-0.4, -0.2) is 36.5 Å². The second-order valence-electron chi connectivity index (χ2n) is 7.86. The van der Waals surface area contributed by atoms with Crippen molar-refractivity contribution in [2.45, 2.75) is 33.4 Å². The molecule has 0 aliphatic heterocycles. The number of carbonyl (C=O) groups excluding carboxylic acids is 1. The molecule has 0 radical (unpaired) electrons. The van der Waals surface area contributed by atoms with Gasteiger partial charge in [0.25, 0.3) is 0 Å². The van der Waals surface area contributed by atoms with Gasteiger partial charge in [0.05, 0.1) is 35.4 Å². The molecule has 4 rings (SSSR count). The number of nitrogens with one attached hydrogen (secondary N) is 1. The Morgan fingerprint density at radius 2 is 1.82 bits per heavy atom. The number of carbonyl (C=O) groups is 2. The number of amides is 1. The van der Waals surface area contributed by atoms with Crippen molar-refractivity contribution in [3.63, 3.8) is 0 Å². The average molecular weight is 460 g/mol. The maximum absolute atomic E-state index is 12.5. The summed E-state index contributed by atoms with van der Waals surface area (Å²) in [6.07, 6.45) is 2.82. The Hall–Kier alpha value is -4.40. The van der Waals surface area contributed by atoms with Gasteiger partial charge in [-0.15, -0.1) is 0 Å². The van der Waals surface area contributed by atoms with E-state index in [1.807, 2.05) is 73.1 Å². The second-order valence-corrected chi connectivity index (χ2v) is 7.86. The van der Waals surface area contributed by atoms with Gasteiger partial charge in [0.1, 0.15) is 11.5 Å². The van der Waals surface area contributed by atoms with Crippen LogP contribution in [0, 0.1) is 13.8 Å². The molecule has 0 unspecified atom stereocenters. The van der Waals surface area contributed by atoms with Crippen molar-refractivity contribution in [2.24, 2.45) is 0 Å². The number of hydrogen-bond donors (Lipinski definition) is 2. The number of anilines is 1. The van der Waals surface area contributed by atoms with Gasteiger partial charge in [0, 0.05) is 19.2 Å². The third kappa shape index (κ3) is 5.50. The number of benzene rings is 2. The molecule has 9 heteroatoms. The molecule has 0 aliphatic rings. The normalized spacial score (nSPS) is 10.8. The van der Waals surface area contributed by atoms with Gasteiger partial charge in [-0.05, 0) is 43.7 Å². The molecule has 0 aliphatic carbocycles. The lowest BCUT2D eigenvalue weighted by atomic mass is 10.2. The molecule has 0 spiro atoms. The number of para-hydroxylation sites is 1. The molecule has 2 aromatic carbocycles. The Balaban J connectivity index is 1.39. The van der Waals surface area contributed by atoms with E-state index in [9.17, 15) is 9.59 Å². The minimum Gasteiger partial charge on any atom is -0.478 e. The van der Waals surface area contributed by atoms with Crippen molar-refractivity contribution in [1.82, 2.24) is 19.6 Å². The summed E-state index contributed by atoms with van der Waals surface area (Å²) in [5, 5.41) is 20.5. The van der Waals surface area contributed by atoms with Crippen LogP contribution in [0.5, 0.6) is 11.5 Å². The van der Waals surface area contributed by atoms with Crippen molar-refractivity contribution < 1.29 is 19.4 Å². The largest absolute Gasteiger partial charge is 0.478 e. The molecule has 2 aromatic heterocycles. The summed E-state index contributed by atoms with van der Waals surface area (Å²) in [7, 11) is 0. The lowest BCUT2D eigenvalue weighted by Crippen LogP contribution is -2.16. The summed E-state index contributed by atoms with van der Waals surface area (Å²) in [6.45, 7) is 4.56. The minimum atomic E-state index is -1.05. The quantitative estimate of drug-likeness (QED) is 0.387. The van der Waals surface area contributed by atoms with Crippen LogP contribution in [0.4, 0.5) is 5.69 Å². The van der Waals surface area contributed by atoms with E-state index < -0.39 is 5.97 Å². The van der Waals surface area contributed by atoms with E-state index in [1.165, 1.54) is 17.1 Å². The van der Waals surface area contributed by atoms with Gasteiger partial charge in [-0.25, -0.2) is 4.79 Å². The number of nitrogens with zero attached hydrogens (tertiary/aromatic N) is 4. The zero-order valence-electron chi connectivity index (χ0n) is 18.9. The SMILES string of the molecule is Cc1nn(Cc2cccc(Oc3ccccc3)c2)c(C)c1NC(=O)CCn1cc(C(=O)O)cn1. The smallest absolute Gasteiger partial charge is 0.338 e. The van der Waals surface area contributed by atoms with Gasteiger partial charge in [-0.3, -0.25) is 14.2 Å². The van der Waals surface area contributed by atoms with E-state index in [-0.39, 0.29) is 24.4 Å². The first-order chi connectivity index (χ1) is 16.4. The van der Waals surface area contributed by atoms with E-state index >= 15 is 0 Å². The first kappa shape index (κ1) is 22.8. The van der Waals surface area contributed by atoms with E-state index in [0.717, 1.165) is 28.5 Å². The van der Waals surface area contributed by atoms with Crippen LogP contribution >= 0.6 is 0 Å². The molecule has 2 N–H and O–H groups in total. The van der Waals surface area contributed by atoms with Gasteiger partial charge in [0.15, 0.2) is 0 Å². The molecule has 2 heterocycles. The molecule has 4 aromatic rings. The zero-order chi connectivity index (χ0) is 24.1. The molecular formula is C25H25N5O4. The third-order valence-electron chi connectivity index (χ3n) is 5.30. The fraction of sp³-hybridized carbons (Fsp3) is 0.200. The van der Waals surface area contributed by atoms with Crippen molar-refractivity contribution in [3.05, 3.63) is 89.5 Å². The van der Waals surface area contributed by atoms with E-state index in [4.69, 9.17) is 9.84 Å². The molecule has 0 saturated heterocycles. The van der Waals surface area contributed by atoms with Gasteiger partial charge in [-0.1, -0.05) is 30.3 Å². The van der Waals surface area contributed by atoms with Crippen LogP contribution in [0.3, 0.4) is 0 Å². The van der Waals surface area contributed by atoms with Gasteiger partial charge < -0.3 is 15.2 Å². The van der Waals surface area contributed by atoms with Crippen molar-refractivity contribution in [1.29, 1.82) is 0 Å². The van der Waals surface area contributed by atoms with Crippen LogP contribution in [0.15, 0.2) is 67.0 Å². The van der Waals surface area contributed by atoms with Crippen molar-refractivity contribution in [2.75, 3.05) is 5.32 Å². The van der Waals surface area contributed by atoms with E-state index in [2.05, 4.69) is 15.5 Å². The molecule has 0 saturated carbocycles. The van der Waals surface area contributed by atoms with Gasteiger partial charge in [0.2, 0.25) is 5.91 Å². The average Bonchev–Trinajstić information content (AvgIpc) is 3.40. The summed E-state index contributed by atoms with van der Waals surface area (Å²) in [5.41, 5.74) is 3.34. The van der Waals surface area contributed by atoms with Crippen molar-refractivity contribution >= 4 is 17.6 Å². The minimum absolute atomic E-state index is 0.0895. The molecular weight excluding hydrogens is 434 g/mol. The highest BCUT2D eigenvalue weighted by Crippen LogP contribution is 2.24.